The molecule has 7 aliphatic rings. The van der Waals surface area contributed by atoms with Gasteiger partial charge in [-0.05, 0) is 65.3 Å². The van der Waals surface area contributed by atoms with Crippen LogP contribution in [-0.4, -0.2) is 246 Å². The first-order valence-corrected chi connectivity index (χ1v) is 40.6. The number of nitrogens with one attached hydrogen (secondary N) is 3. The Morgan fingerprint density at radius 3 is 1.26 bits per heavy atom. The van der Waals surface area contributed by atoms with Crippen molar-refractivity contribution in [2.75, 3.05) is 117 Å². The summed E-state index contributed by atoms with van der Waals surface area (Å²) in [5, 5.41) is 28.6. The van der Waals surface area contributed by atoms with Gasteiger partial charge in [0.15, 0.2) is 31.2 Å². The van der Waals surface area contributed by atoms with E-state index in [-0.39, 0.29) is 96.2 Å². The molecule has 9 aromatic rings. The number of carbonyl (C=O) groups excluding carboxylic acids is 8. The zero-order valence-electron chi connectivity index (χ0n) is 72.9. The number of carbonyl (C=O) groups is 8. The van der Waals surface area contributed by atoms with Gasteiger partial charge in [-0.15, -0.1) is 0 Å². The fourth-order valence-electron chi connectivity index (χ4n) is 12.3. The van der Waals surface area contributed by atoms with Crippen molar-refractivity contribution in [1.29, 1.82) is 0 Å². The number of aromatic nitrogens is 14. The number of pyridine rings is 4. The molecule has 0 spiro atoms. The van der Waals surface area contributed by atoms with Crippen molar-refractivity contribution in [3.05, 3.63) is 134 Å². The highest BCUT2D eigenvalue weighted by atomic mass is 79.9. The Kier molecular flexibility index (Phi) is 33.2. The summed E-state index contributed by atoms with van der Waals surface area (Å²) in [5.74, 6) is -2.59. The first-order chi connectivity index (χ1) is 60.1. The maximum absolute atomic E-state index is 13.5. The fraction of sp³-hybridized carbons (Fsp3) is 0.449. The van der Waals surface area contributed by atoms with E-state index in [1.165, 1.54) is 59.4 Å². The summed E-state index contributed by atoms with van der Waals surface area (Å²) in [7, 11) is 11.8. The first kappa shape index (κ1) is 97.9. The third-order valence-electron chi connectivity index (χ3n) is 19.0. The number of fused-ring (bicyclic) bond motifs is 3. The number of amides is 3. The van der Waals surface area contributed by atoms with E-state index in [0.717, 1.165) is 6.20 Å². The first-order valence-electron chi connectivity index (χ1n) is 39.1. The zero-order valence-corrected chi connectivity index (χ0v) is 76.0. The van der Waals surface area contributed by atoms with Crippen molar-refractivity contribution in [3.63, 3.8) is 0 Å². The van der Waals surface area contributed by atoms with Crippen LogP contribution in [0.4, 0.5) is 21.5 Å². The van der Waals surface area contributed by atoms with Crippen LogP contribution in [0.3, 0.4) is 0 Å². The summed E-state index contributed by atoms with van der Waals surface area (Å²) in [5.41, 5.74) is 7.38. The summed E-state index contributed by atoms with van der Waals surface area (Å²) < 4.78 is 106. The quantitative estimate of drug-likeness (QED) is 0.0472. The number of esters is 5. The van der Waals surface area contributed by atoms with Crippen molar-refractivity contribution in [1.82, 2.24) is 68.8 Å². The molecule has 4 saturated heterocycles. The van der Waals surface area contributed by atoms with Crippen LogP contribution in [-0.2, 0) is 122 Å². The molecule has 49 heteroatoms. The monoisotopic (exact) mass is 1870 g/mol. The molecular weight excluding hydrogens is 1770 g/mol. The van der Waals surface area contributed by atoms with Gasteiger partial charge in [-0.2, -0.15) is 30.5 Å². The van der Waals surface area contributed by atoms with Crippen LogP contribution in [0, 0.1) is 27.5 Å². The molecule has 4 fully saturated rings. The highest BCUT2D eigenvalue weighted by molar-refractivity contribution is 9.10. The van der Waals surface area contributed by atoms with Crippen LogP contribution in [0.15, 0.2) is 84.1 Å². The van der Waals surface area contributed by atoms with Gasteiger partial charge in [0.05, 0.1) is 86.8 Å². The van der Waals surface area contributed by atoms with E-state index in [1.807, 2.05) is 0 Å². The highest BCUT2D eigenvalue weighted by Crippen LogP contribution is 2.36. The van der Waals surface area contributed by atoms with Gasteiger partial charge in [0.25, 0.3) is 17.7 Å². The maximum Gasteiger partial charge on any atom is 0.498 e. The van der Waals surface area contributed by atoms with Crippen molar-refractivity contribution in [3.8, 4) is 40.2 Å². The van der Waals surface area contributed by atoms with E-state index in [1.54, 1.807) is 108 Å². The van der Waals surface area contributed by atoms with E-state index in [9.17, 15) is 42.7 Å². The van der Waals surface area contributed by atoms with Crippen LogP contribution >= 0.6 is 39.1 Å². The molecule has 16 rings (SSSR count). The number of hydrogen-bond donors (Lipinski definition) is 3. The molecule has 676 valence electrons. The largest absolute Gasteiger partial charge is 0.498 e. The van der Waals surface area contributed by atoms with E-state index < -0.39 is 56.0 Å². The second-order valence-electron chi connectivity index (χ2n) is 32.2. The average molecular weight is 1870 g/mol. The third kappa shape index (κ3) is 26.0. The molecule has 16 heterocycles. The molecule has 7 aliphatic heterocycles. The number of ether oxygens (including phenoxy) is 8. The lowest BCUT2D eigenvalue weighted by Gasteiger charge is -2.38. The van der Waals surface area contributed by atoms with Crippen molar-refractivity contribution >= 4 is 143 Å². The molecule has 0 radical (unpaired) electrons. The Balaban J connectivity index is 0.000000158. The smallest absolute Gasteiger partial charge is 0.466 e. The molecule has 0 aromatic carbocycles. The average Bonchev–Trinajstić information content (AvgIpc) is 1.32. The minimum atomic E-state index is -0.793. The maximum atomic E-state index is 13.5. The number of hydrogen-bond acceptors (Lipinski definition) is 33. The second-order valence-corrected chi connectivity index (χ2v) is 33.8. The number of anilines is 3. The molecule has 9 aromatic heterocycles. The van der Waals surface area contributed by atoms with Gasteiger partial charge in [0.2, 0.25) is 17.6 Å². The van der Waals surface area contributed by atoms with Crippen molar-refractivity contribution in [2.24, 2.45) is 56.9 Å². The fourth-order valence-corrected chi connectivity index (χ4v) is 13.2. The van der Waals surface area contributed by atoms with Crippen molar-refractivity contribution in [2.45, 2.75) is 74.8 Å². The number of methoxy groups -OCH3 is 4. The standard InChI is InChI=1S/C20H17ClFN5O4.C13H12N4O4.2C11H17BN2O4.C10H20B2O4.C7H5ClN2O2.C6H7BrN2O2/c1-10(12-5-11(22)7-23-19(12)21)31-18(29)6-16-13(8-24-27(16)2)14-3-4-15-20(26-14)30-9-17(28)25-15;1-17-11(13(19)20-2)7(5-14-17)8-3-4-9-12(16-8)21-6-10(18)15-9;2*1-11(2)6-17-12(18-7-11)8-5-13-14(3)9(8)10(15)16-4;1-9(2)5-13-11(14-6-9)12-15-7-10(3,4)8-16-12;8-5-2-1-4-7(10-5)12-3-6(11)9-4;1-9-5(6(10)11-2)4(7)3-8-9/h3-5,7-8,10H,6,9H2,1-2H3,(H,25,28);3-5H,6H2,1-2H3,(H,15,18);2*5H,6-7H2,1-4H3;5-8H2,1-4H3;1-2H,3H2,(H,9,11);3H,1-2H3/t10-;;;;;;/m1....../s1. The number of aryl methyl sites for hydroxylation is 5. The van der Waals surface area contributed by atoms with Gasteiger partial charge in [0.1, 0.15) is 50.7 Å². The number of halogens is 4. The Morgan fingerprint density at radius 2 is 0.835 bits per heavy atom. The summed E-state index contributed by atoms with van der Waals surface area (Å²) in [6.45, 7) is 23.2. The van der Waals surface area contributed by atoms with Gasteiger partial charge in [0, 0.05) is 144 Å². The van der Waals surface area contributed by atoms with Gasteiger partial charge in [-0.25, -0.2) is 38.5 Å². The second kappa shape index (κ2) is 43.0. The highest BCUT2D eigenvalue weighted by Gasteiger charge is 2.48. The predicted octanol–water partition coefficient (Wildman–Crippen LogP) is 6.62. The molecule has 3 amide bonds. The van der Waals surface area contributed by atoms with Crippen LogP contribution in [0.5, 0.6) is 17.6 Å². The molecular formula is C78H95B4BrCl2FN17O24. The Hall–Kier alpha value is -11.3. The topological polar surface area (TPSA) is 461 Å². The van der Waals surface area contributed by atoms with Gasteiger partial charge in [-0.1, -0.05) is 78.6 Å². The molecule has 0 saturated carbocycles. The third-order valence-corrected chi connectivity index (χ3v) is 20.1. The minimum Gasteiger partial charge on any atom is -0.466 e. The van der Waals surface area contributed by atoms with Crippen LogP contribution in [0.25, 0.3) is 22.5 Å². The van der Waals surface area contributed by atoms with Gasteiger partial charge >= 0.3 is 58.1 Å². The number of rotatable bonds is 13. The molecule has 0 aliphatic carbocycles. The molecule has 0 unspecified atom stereocenters. The minimum absolute atomic E-state index is 0.000340. The lowest BCUT2D eigenvalue weighted by atomic mass is 9.47. The number of nitrogens with zero attached hydrogens (tertiary/aromatic N) is 14. The summed E-state index contributed by atoms with van der Waals surface area (Å²) >= 11 is 14.8. The lowest BCUT2D eigenvalue weighted by molar-refractivity contribution is -0.148. The molecule has 0 bridgehead atoms. The summed E-state index contributed by atoms with van der Waals surface area (Å²) in [4.78, 5) is 109. The Labute approximate surface area is 748 Å². The van der Waals surface area contributed by atoms with E-state index >= 15 is 0 Å². The van der Waals surface area contributed by atoms with Crippen LogP contribution in [0.2, 0.25) is 10.3 Å². The Morgan fingerprint density at radius 1 is 0.480 bits per heavy atom. The Bertz CT molecular complexity index is 5310. The SMILES string of the molecule is CC1(C)COB(B2OCC(C)(C)CO2)OC1.COC(=O)c1c(-c2ccc3c(n2)OCC(=O)N3)cnn1C.COC(=O)c1c(B2OCC(C)(C)CO2)cnn1C.COC(=O)c1c(B2OCC(C)(C)CO2)cnn1C.COC(=O)c1c(Br)cnn1C.C[C@@H](OC(=O)Cc1c(-c2ccc3c(n2)OCC(=O)N3)cnn1C)c1cc(F)cnc1Cl.O=C1COc2nc(Cl)ccc2N1. The summed E-state index contributed by atoms with van der Waals surface area (Å²) in [6, 6.07) is 11.1. The van der Waals surface area contributed by atoms with Crippen molar-refractivity contribution < 1.29 is 118 Å². The van der Waals surface area contributed by atoms with Gasteiger partial charge < -0.3 is 91.1 Å². The zero-order chi connectivity index (χ0) is 92.6. The predicted molar refractivity (Wildman–Crippen MR) is 460 cm³/mol. The molecule has 41 nitrogen and oxygen atoms in total. The van der Waals surface area contributed by atoms with Crippen LogP contribution in [0.1, 0.15) is 122 Å². The van der Waals surface area contributed by atoms with Crippen LogP contribution < -0.4 is 41.1 Å². The molecule has 1 atom stereocenters. The summed E-state index contributed by atoms with van der Waals surface area (Å²) in [6.07, 6.45) is 7.91. The van der Waals surface area contributed by atoms with Gasteiger partial charge in [-0.3, -0.25) is 42.6 Å². The lowest BCUT2D eigenvalue weighted by Crippen LogP contribution is -2.56. The van der Waals surface area contributed by atoms with E-state index in [4.69, 9.17) is 93.6 Å². The normalized spacial score (nSPS) is 16.8. The molecule has 3 N–H and O–H groups in total. The molecule has 127 heavy (non-hydrogen) atoms. The van der Waals surface area contributed by atoms with E-state index in [0.29, 0.717) is 153 Å². The van der Waals surface area contributed by atoms with E-state index in [2.05, 4.69) is 137 Å².